The standard InChI is InChI=1S/C23H23ClF3N3O3S/c1-3-33-21(32)22(14-34-2)13-30(29-20(22)15-4-8-17(24)9-5-15)12-19(31)28-18-10-6-16(7-11-18)23(25,26)27/h4-11H,3,12-14H2,1-2H3,(H,28,31). The molecule has 1 atom stereocenters. The Morgan fingerprint density at radius 3 is 2.38 bits per heavy atom. The average Bonchev–Trinajstić information content (AvgIpc) is 3.13. The molecule has 6 nitrogen and oxygen atoms in total. The number of thioether (sulfide) groups is 1. The molecule has 0 radical (unpaired) electrons. The number of nitrogens with one attached hydrogen (secondary N) is 1. The topological polar surface area (TPSA) is 71.0 Å². The van der Waals surface area contributed by atoms with E-state index in [0.29, 0.717) is 22.1 Å². The van der Waals surface area contributed by atoms with Crippen molar-refractivity contribution >= 4 is 46.6 Å². The molecule has 0 spiro atoms. The first-order valence-electron chi connectivity index (χ1n) is 10.3. The Hall–Kier alpha value is -2.72. The Labute approximate surface area is 204 Å². The van der Waals surface area contributed by atoms with Gasteiger partial charge in [0.15, 0.2) is 0 Å². The number of hydrogen-bond donors (Lipinski definition) is 1. The van der Waals surface area contributed by atoms with Crippen molar-refractivity contribution in [2.75, 3.05) is 37.0 Å². The minimum absolute atomic E-state index is 0.116. The molecule has 1 aliphatic rings. The molecule has 1 N–H and O–H groups in total. The first kappa shape index (κ1) is 25.9. The molecule has 0 bridgehead atoms. The van der Waals surface area contributed by atoms with Crippen LogP contribution in [0.5, 0.6) is 0 Å². The third kappa shape index (κ3) is 5.85. The fourth-order valence-electron chi connectivity index (χ4n) is 3.65. The lowest BCUT2D eigenvalue weighted by molar-refractivity contribution is -0.150. The van der Waals surface area contributed by atoms with Gasteiger partial charge in [-0.2, -0.15) is 30.0 Å². The van der Waals surface area contributed by atoms with Gasteiger partial charge in [0.25, 0.3) is 0 Å². The zero-order valence-electron chi connectivity index (χ0n) is 18.5. The number of benzene rings is 2. The molecular formula is C23H23ClF3N3O3S. The van der Waals surface area contributed by atoms with Crippen molar-refractivity contribution in [1.29, 1.82) is 0 Å². The Balaban J connectivity index is 1.83. The summed E-state index contributed by atoms with van der Waals surface area (Å²) in [5, 5.41) is 9.14. The van der Waals surface area contributed by atoms with Crippen molar-refractivity contribution in [3.63, 3.8) is 0 Å². The Morgan fingerprint density at radius 2 is 1.82 bits per heavy atom. The van der Waals surface area contributed by atoms with Gasteiger partial charge < -0.3 is 10.1 Å². The number of halogens is 4. The molecule has 3 rings (SSSR count). The lowest BCUT2D eigenvalue weighted by Gasteiger charge is -2.28. The molecule has 1 amide bonds. The van der Waals surface area contributed by atoms with Crippen LogP contribution in [0.1, 0.15) is 18.1 Å². The number of hydrogen-bond acceptors (Lipinski definition) is 6. The van der Waals surface area contributed by atoms with Crippen molar-refractivity contribution in [1.82, 2.24) is 5.01 Å². The van der Waals surface area contributed by atoms with Crippen LogP contribution in [0, 0.1) is 5.41 Å². The maximum Gasteiger partial charge on any atom is 0.416 e. The zero-order chi connectivity index (χ0) is 24.9. The fourth-order valence-corrected chi connectivity index (χ4v) is 4.62. The van der Waals surface area contributed by atoms with Gasteiger partial charge in [0.2, 0.25) is 5.91 Å². The lowest BCUT2D eigenvalue weighted by atomic mass is 9.82. The van der Waals surface area contributed by atoms with Crippen LogP contribution in [0.15, 0.2) is 53.6 Å². The zero-order valence-corrected chi connectivity index (χ0v) is 20.1. The van der Waals surface area contributed by atoms with E-state index < -0.39 is 29.0 Å². The van der Waals surface area contributed by atoms with Gasteiger partial charge in [-0.3, -0.25) is 14.6 Å². The van der Waals surface area contributed by atoms with E-state index in [1.807, 2.05) is 6.26 Å². The highest BCUT2D eigenvalue weighted by atomic mass is 35.5. The molecule has 2 aromatic carbocycles. The van der Waals surface area contributed by atoms with Crippen LogP contribution in [0.25, 0.3) is 0 Å². The van der Waals surface area contributed by atoms with Crippen LogP contribution < -0.4 is 5.32 Å². The van der Waals surface area contributed by atoms with E-state index in [1.54, 1.807) is 31.2 Å². The third-order valence-corrected chi connectivity index (χ3v) is 6.18. The van der Waals surface area contributed by atoms with Gasteiger partial charge in [0.05, 0.1) is 24.4 Å². The number of anilines is 1. The quantitative estimate of drug-likeness (QED) is 0.507. The van der Waals surface area contributed by atoms with Crippen LogP contribution in [0.4, 0.5) is 18.9 Å². The molecule has 0 saturated carbocycles. The minimum atomic E-state index is -4.46. The smallest absolute Gasteiger partial charge is 0.416 e. The summed E-state index contributed by atoms with van der Waals surface area (Å²) in [6.07, 6.45) is -2.60. The van der Waals surface area contributed by atoms with E-state index in [2.05, 4.69) is 10.4 Å². The number of alkyl halides is 3. The van der Waals surface area contributed by atoms with Gasteiger partial charge in [0.1, 0.15) is 12.0 Å². The number of carbonyl (C=O) groups is 2. The number of amides is 1. The number of carbonyl (C=O) groups excluding carboxylic acids is 2. The van der Waals surface area contributed by atoms with Crippen LogP contribution in [0.3, 0.4) is 0 Å². The van der Waals surface area contributed by atoms with Gasteiger partial charge in [-0.1, -0.05) is 23.7 Å². The largest absolute Gasteiger partial charge is 0.465 e. The van der Waals surface area contributed by atoms with Crippen molar-refractivity contribution in [3.05, 3.63) is 64.7 Å². The molecule has 1 heterocycles. The molecule has 11 heteroatoms. The second kappa shape index (κ2) is 10.7. The van der Waals surface area contributed by atoms with Crippen molar-refractivity contribution < 1.29 is 27.5 Å². The lowest BCUT2D eigenvalue weighted by Crippen LogP contribution is -2.46. The summed E-state index contributed by atoms with van der Waals surface area (Å²) < 4.78 is 43.6. The predicted octanol–water partition coefficient (Wildman–Crippen LogP) is 4.93. The van der Waals surface area contributed by atoms with Crippen LogP contribution in [-0.2, 0) is 20.5 Å². The number of hydrazone groups is 1. The first-order valence-corrected chi connectivity index (χ1v) is 12.1. The third-order valence-electron chi connectivity index (χ3n) is 5.14. The Kier molecular flexibility index (Phi) is 8.14. The number of rotatable bonds is 8. The molecule has 1 unspecified atom stereocenters. The van der Waals surface area contributed by atoms with Crippen LogP contribution >= 0.6 is 23.4 Å². The number of esters is 1. The molecule has 2 aromatic rings. The normalized spacial score (nSPS) is 17.9. The van der Waals surface area contributed by atoms with Crippen LogP contribution in [0.2, 0.25) is 5.02 Å². The summed E-state index contributed by atoms with van der Waals surface area (Å²) >= 11 is 7.46. The van der Waals surface area contributed by atoms with E-state index in [-0.39, 0.29) is 25.4 Å². The van der Waals surface area contributed by atoms with E-state index in [9.17, 15) is 22.8 Å². The SMILES string of the molecule is CCOC(=O)C1(CSC)CN(CC(=O)Nc2ccc(C(F)(F)F)cc2)N=C1c1ccc(Cl)cc1. The van der Waals surface area contributed by atoms with E-state index >= 15 is 0 Å². The van der Waals surface area contributed by atoms with Crippen molar-refractivity contribution in [3.8, 4) is 0 Å². The van der Waals surface area contributed by atoms with Gasteiger partial charge in [-0.15, -0.1) is 0 Å². The number of ether oxygens (including phenoxy) is 1. The van der Waals surface area contributed by atoms with Gasteiger partial charge in [0, 0.05) is 16.5 Å². The highest BCUT2D eigenvalue weighted by Gasteiger charge is 2.51. The summed E-state index contributed by atoms with van der Waals surface area (Å²) in [7, 11) is 0. The van der Waals surface area contributed by atoms with Crippen LogP contribution in [-0.4, -0.2) is 54.3 Å². The monoisotopic (exact) mass is 513 g/mol. The molecule has 0 aliphatic carbocycles. The summed E-state index contributed by atoms with van der Waals surface area (Å²) in [5.74, 6) is -0.545. The second-order valence-electron chi connectivity index (χ2n) is 7.64. The van der Waals surface area contributed by atoms with E-state index in [0.717, 1.165) is 12.1 Å². The minimum Gasteiger partial charge on any atom is -0.465 e. The van der Waals surface area contributed by atoms with Crippen molar-refractivity contribution in [2.45, 2.75) is 13.1 Å². The summed E-state index contributed by atoms with van der Waals surface area (Å²) in [5.41, 5.74) is -0.535. The highest BCUT2D eigenvalue weighted by Crippen LogP contribution is 2.36. The second-order valence-corrected chi connectivity index (χ2v) is 8.94. The Morgan fingerprint density at radius 1 is 1.18 bits per heavy atom. The average molecular weight is 514 g/mol. The summed E-state index contributed by atoms with van der Waals surface area (Å²) in [6, 6.07) is 11.0. The molecule has 0 fully saturated rings. The first-order chi connectivity index (χ1) is 16.1. The predicted molar refractivity (Wildman–Crippen MR) is 127 cm³/mol. The highest BCUT2D eigenvalue weighted by molar-refractivity contribution is 7.98. The maximum atomic E-state index is 13.1. The van der Waals surface area contributed by atoms with Gasteiger partial charge in [-0.05, 0) is 55.1 Å². The molecule has 34 heavy (non-hydrogen) atoms. The maximum absolute atomic E-state index is 13.1. The summed E-state index contributed by atoms with van der Waals surface area (Å²) in [4.78, 5) is 25.7. The van der Waals surface area contributed by atoms with E-state index in [1.165, 1.54) is 28.9 Å². The molecule has 0 aromatic heterocycles. The molecule has 1 aliphatic heterocycles. The van der Waals surface area contributed by atoms with Gasteiger partial charge in [-0.25, -0.2) is 0 Å². The van der Waals surface area contributed by atoms with Crippen molar-refractivity contribution in [2.24, 2.45) is 10.5 Å². The fraction of sp³-hybridized carbons (Fsp3) is 0.348. The van der Waals surface area contributed by atoms with E-state index in [4.69, 9.17) is 16.3 Å². The molecular weight excluding hydrogens is 491 g/mol. The van der Waals surface area contributed by atoms with Gasteiger partial charge >= 0.3 is 12.1 Å². The Bertz CT molecular complexity index is 1060. The molecule has 182 valence electrons. The molecule has 0 saturated heterocycles. The number of nitrogens with zero attached hydrogens (tertiary/aromatic N) is 2. The summed E-state index contributed by atoms with van der Waals surface area (Å²) in [6.45, 7) is 1.82.